The van der Waals surface area contributed by atoms with Crippen LogP contribution in [0.4, 0.5) is 4.39 Å². The molecule has 6 rings (SSSR count). The van der Waals surface area contributed by atoms with Gasteiger partial charge >= 0.3 is 0 Å². The summed E-state index contributed by atoms with van der Waals surface area (Å²) in [6.45, 7) is 2.99. The molecule has 1 fully saturated rings. The molecule has 1 aliphatic heterocycles. The molecule has 0 radical (unpaired) electrons. The average molecular weight is 451 g/mol. The number of aryl methyl sites for hydroxylation is 1. The number of rotatable bonds is 4. The normalized spacial score (nSPS) is 15.9. The van der Waals surface area contributed by atoms with E-state index < -0.39 is 5.82 Å². The minimum absolute atomic E-state index is 0.0357. The second-order valence-electron chi connectivity index (χ2n) is 8.96. The number of hydrogen-bond donors (Lipinski definition) is 1. The van der Waals surface area contributed by atoms with Crippen LogP contribution in [0.2, 0.25) is 0 Å². The number of nitrogens with one attached hydrogen (secondary N) is 1. The van der Waals surface area contributed by atoms with E-state index >= 15 is 0 Å². The van der Waals surface area contributed by atoms with E-state index in [2.05, 4.69) is 33.3 Å². The van der Waals surface area contributed by atoms with Crippen molar-refractivity contribution in [3.63, 3.8) is 0 Å². The molecule has 4 heterocycles. The van der Waals surface area contributed by atoms with Crippen LogP contribution in [0, 0.1) is 23.1 Å². The smallest absolute Gasteiger partial charge is 0.141 e. The SMILES string of the molecule is Cn1ncc2cc(-c3ncc4c(ccn4C[C@@H]4CCNC4)c3-c3ccc(C#N)c(F)c3)ccc21. The molecule has 0 spiro atoms. The third kappa shape index (κ3) is 3.35. The highest BCUT2D eigenvalue weighted by Crippen LogP contribution is 2.38. The zero-order valence-corrected chi connectivity index (χ0v) is 18.8. The topological polar surface area (TPSA) is 71.5 Å². The highest BCUT2D eigenvalue weighted by Gasteiger charge is 2.20. The minimum Gasteiger partial charge on any atom is -0.346 e. The predicted octanol–water partition coefficient (Wildman–Crippen LogP) is 4.88. The fourth-order valence-electron chi connectivity index (χ4n) is 5.05. The van der Waals surface area contributed by atoms with E-state index in [9.17, 15) is 9.65 Å². The lowest BCUT2D eigenvalue weighted by Crippen LogP contribution is -2.14. The predicted molar refractivity (Wildman–Crippen MR) is 131 cm³/mol. The molecule has 0 unspecified atom stereocenters. The highest BCUT2D eigenvalue weighted by molar-refractivity contribution is 6.02. The summed E-state index contributed by atoms with van der Waals surface area (Å²) >= 11 is 0. The summed E-state index contributed by atoms with van der Waals surface area (Å²) < 4.78 is 18.8. The zero-order valence-electron chi connectivity index (χ0n) is 18.8. The molecular formula is C27H23FN6. The molecule has 1 aliphatic rings. The minimum atomic E-state index is -0.526. The van der Waals surface area contributed by atoms with Crippen molar-refractivity contribution in [1.82, 2.24) is 24.6 Å². The highest BCUT2D eigenvalue weighted by atomic mass is 19.1. The van der Waals surface area contributed by atoms with Gasteiger partial charge in [-0.15, -0.1) is 0 Å². The van der Waals surface area contributed by atoms with Crippen molar-refractivity contribution in [2.75, 3.05) is 13.1 Å². The van der Waals surface area contributed by atoms with Crippen molar-refractivity contribution in [2.45, 2.75) is 13.0 Å². The Balaban J connectivity index is 1.56. The van der Waals surface area contributed by atoms with Crippen LogP contribution in [0.1, 0.15) is 12.0 Å². The number of aromatic nitrogens is 4. The Morgan fingerprint density at radius 3 is 2.79 bits per heavy atom. The fraction of sp³-hybridized carbons (Fsp3) is 0.222. The van der Waals surface area contributed by atoms with Gasteiger partial charge < -0.3 is 9.88 Å². The Morgan fingerprint density at radius 1 is 1.12 bits per heavy atom. The molecule has 0 bridgehead atoms. The number of fused-ring (bicyclic) bond motifs is 2. The molecule has 1 atom stereocenters. The van der Waals surface area contributed by atoms with E-state index in [0.717, 1.165) is 64.7 Å². The molecule has 5 aromatic rings. The van der Waals surface area contributed by atoms with Gasteiger partial charge in [-0.25, -0.2) is 4.39 Å². The van der Waals surface area contributed by atoms with Crippen molar-refractivity contribution < 1.29 is 4.39 Å². The molecular weight excluding hydrogens is 427 g/mol. The second-order valence-corrected chi connectivity index (χ2v) is 8.96. The Morgan fingerprint density at radius 2 is 2.00 bits per heavy atom. The lowest BCUT2D eigenvalue weighted by molar-refractivity contribution is 0.491. The van der Waals surface area contributed by atoms with E-state index in [1.165, 1.54) is 6.07 Å². The standard InChI is InChI=1S/C27H23FN6/c1-33-24-5-4-19(10-21(24)14-32-33)27-26(18-2-3-20(12-29)23(28)11-18)22-7-9-34(25(22)15-31-27)16-17-6-8-30-13-17/h2-5,7,9-11,14-15,17,30H,6,8,13,16H2,1H3/t17-/m1/s1. The zero-order chi connectivity index (χ0) is 23.2. The molecule has 0 amide bonds. The van der Waals surface area contributed by atoms with Gasteiger partial charge in [0, 0.05) is 41.7 Å². The van der Waals surface area contributed by atoms with Crippen LogP contribution in [0.3, 0.4) is 0 Å². The van der Waals surface area contributed by atoms with E-state index in [4.69, 9.17) is 4.98 Å². The Bertz CT molecular complexity index is 1580. The van der Waals surface area contributed by atoms with Crippen LogP contribution in [0.25, 0.3) is 44.2 Å². The number of halogens is 1. The van der Waals surface area contributed by atoms with Crippen LogP contribution in [0.15, 0.2) is 61.1 Å². The largest absolute Gasteiger partial charge is 0.346 e. The molecule has 1 saturated heterocycles. The van der Waals surface area contributed by atoms with Crippen molar-refractivity contribution in [3.05, 3.63) is 72.4 Å². The molecule has 1 N–H and O–H groups in total. The second kappa shape index (κ2) is 8.08. The van der Waals surface area contributed by atoms with Gasteiger partial charge in [-0.1, -0.05) is 12.1 Å². The molecule has 6 nitrogen and oxygen atoms in total. The van der Waals surface area contributed by atoms with Gasteiger partial charge in [0.1, 0.15) is 11.9 Å². The third-order valence-electron chi connectivity index (χ3n) is 6.84. The Hall–Kier alpha value is -4.02. The van der Waals surface area contributed by atoms with E-state index in [1.54, 1.807) is 6.07 Å². The van der Waals surface area contributed by atoms with E-state index in [-0.39, 0.29) is 5.56 Å². The summed E-state index contributed by atoms with van der Waals surface area (Å²) in [6, 6.07) is 14.9. The van der Waals surface area contributed by atoms with Crippen LogP contribution in [0.5, 0.6) is 0 Å². The molecule has 34 heavy (non-hydrogen) atoms. The van der Waals surface area contributed by atoms with Crippen LogP contribution in [-0.2, 0) is 13.6 Å². The van der Waals surface area contributed by atoms with Gasteiger partial charge in [-0.2, -0.15) is 10.4 Å². The van der Waals surface area contributed by atoms with Crippen molar-refractivity contribution in [1.29, 1.82) is 5.26 Å². The maximum atomic E-state index is 14.7. The first kappa shape index (κ1) is 20.6. The van der Waals surface area contributed by atoms with Crippen LogP contribution < -0.4 is 5.32 Å². The maximum absolute atomic E-state index is 14.7. The average Bonchev–Trinajstić information content (AvgIpc) is 3.60. The molecule has 3 aromatic heterocycles. The number of nitrogens with zero attached hydrogens (tertiary/aromatic N) is 5. The van der Waals surface area contributed by atoms with Gasteiger partial charge in [-0.05, 0) is 61.3 Å². The van der Waals surface area contributed by atoms with Crippen molar-refractivity contribution >= 4 is 21.8 Å². The first-order valence-corrected chi connectivity index (χ1v) is 11.4. The van der Waals surface area contributed by atoms with Gasteiger partial charge in [0.2, 0.25) is 0 Å². The van der Waals surface area contributed by atoms with Gasteiger partial charge in [-0.3, -0.25) is 9.67 Å². The molecule has 7 heteroatoms. The third-order valence-corrected chi connectivity index (χ3v) is 6.84. The summed E-state index contributed by atoms with van der Waals surface area (Å²) in [5.74, 6) is 0.0567. The first-order valence-electron chi connectivity index (χ1n) is 11.4. The quantitative estimate of drug-likeness (QED) is 0.424. The molecule has 2 aromatic carbocycles. The monoisotopic (exact) mass is 450 g/mol. The number of nitriles is 1. The lowest BCUT2D eigenvalue weighted by atomic mass is 9.95. The maximum Gasteiger partial charge on any atom is 0.141 e. The number of hydrogen-bond acceptors (Lipinski definition) is 4. The van der Waals surface area contributed by atoms with Gasteiger partial charge in [0.05, 0.1) is 34.7 Å². The fourth-order valence-corrected chi connectivity index (χ4v) is 5.05. The molecule has 0 saturated carbocycles. The molecule has 168 valence electrons. The summed E-state index contributed by atoms with van der Waals surface area (Å²) in [6.07, 6.45) is 7.01. The van der Waals surface area contributed by atoms with Crippen LogP contribution >= 0.6 is 0 Å². The Kier molecular flexibility index (Phi) is 4.89. The summed E-state index contributed by atoms with van der Waals surface area (Å²) in [5, 5.41) is 19.0. The lowest BCUT2D eigenvalue weighted by Gasteiger charge is -2.15. The van der Waals surface area contributed by atoms with E-state index in [1.807, 2.05) is 48.4 Å². The first-order chi connectivity index (χ1) is 16.6. The summed E-state index contributed by atoms with van der Waals surface area (Å²) in [7, 11) is 1.92. The molecule has 0 aliphatic carbocycles. The van der Waals surface area contributed by atoms with Crippen LogP contribution in [-0.4, -0.2) is 32.4 Å². The van der Waals surface area contributed by atoms with Crippen molar-refractivity contribution in [3.8, 4) is 28.5 Å². The van der Waals surface area contributed by atoms with Crippen molar-refractivity contribution in [2.24, 2.45) is 13.0 Å². The van der Waals surface area contributed by atoms with Gasteiger partial charge in [0.25, 0.3) is 0 Å². The number of pyridine rings is 1. The summed E-state index contributed by atoms with van der Waals surface area (Å²) in [4.78, 5) is 4.90. The van der Waals surface area contributed by atoms with Gasteiger partial charge in [0.15, 0.2) is 0 Å². The Labute approximate surface area is 196 Å². The number of benzene rings is 2. The van der Waals surface area contributed by atoms with E-state index in [0.29, 0.717) is 11.5 Å². The summed E-state index contributed by atoms with van der Waals surface area (Å²) in [5.41, 5.74) is 5.39.